The number of anilines is 1. The average Bonchev–Trinajstić information content (AvgIpc) is 3.20. The van der Waals surface area contributed by atoms with Crippen molar-refractivity contribution in [2.24, 2.45) is 5.73 Å². The topological polar surface area (TPSA) is 90.0 Å². The van der Waals surface area contributed by atoms with Crippen LogP contribution >= 0.6 is 0 Å². The number of primary amides is 1. The number of carbonyl (C=O) groups is 2. The Morgan fingerprint density at radius 2 is 1.72 bits per heavy atom. The molecule has 3 aromatic carbocycles. The molecule has 0 aliphatic carbocycles. The van der Waals surface area contributed by atoms with E-state index in [1.807, 2.05) is 61.5 Å². The van der Waals surface area contributed by atoms with Crippen LogP contribution in [0.1, 0.15) is 31.8 Å². The molecule has 0 unspecified atom stereocenters. The maximum absolute atomic E-state index is 13.8. The van der Waals surface area contributed by atoms with Gasteiger partial charge in [-0.1, -0.05) is 60.2 Å². The minimum atomic E-state index is -0.908. The lowest BCUT2D eigenvalue weighted by atomic mass is 10.1. The van der Waals surface area contributed by atoms with Gasteiger partial charge in [-0.25, -0.2) is 4.39 Å². The van der Waals surface area contributed by atoms with Crippen molar-refractivity contribution >= 4 is 17.5 Å². The lowest BCUT2D eigenvalue weighted by molar-refractivity contribution is 0.0992. The zero-order chi connectivity index (χ0) is 22.7. The fraction of sp³-hybridized carbons (Fsp3) is 0.0800. The van der Waals surface area contributed by atoms with E-state index in [0.29, 0.717) is 17.8 Å². The Morgan fingerprint density at radius 3 is 2.41 bits per heavy atom. The van der Waals surface area contributed by atoms with Crippen LogP contribution in [-0.2, 0) is 6.54 Å². The Bertz CT molecular complexity index is 1280. The van der Waals surface area contributed by atoms with Crippen LogP contribution in [0.4, 0.5) is 10.1 Å². The summed E-state index contributed by atoms with van der Waals surface area (Å²) in [5.74, 6) is -2.08. The molecule has 0 atom stereocenters. The number of aryl methyl sites for hydroxylation is 1. The number of nitrogens with zero attached hydrogens (tertiary/aromatic N) is 2. The molecule has 0 saturated heterocycles. The fourth-order valence-corrected chi connectivity index (χ4v) is 3.35. The van der Waals surface area contributed by atoms with Gasteiger partial charge in [-0.15, -0.1) is 0 Å². The summed E-state index contributed by atoms with van der Waals surface area (Å²) in [6.07, 6.45) is 1.68. The third kappa shape index (κ3) is 4.57. The minimum absolute atomic E-state index is 0.260. The van der Waals surface area contributed by atoms with E-state index in [4.69, 9.17) is 5.73 Å². The van der Waals surface area contributed by atoms with E-state index in [0.717, 1.165) is 22.8 Å². The number of aromatic nitrogens is 2. The van der Waals surface area contributed by atoms with Gasteiger partial charge in [0.1, 0.15) is 11.5 Å². The van der Waals surface area contributed by atoms with Crippen LogP contribution in [0, 0.1) is 12.7 Å². The number of halogens is 1. The van der Waals surface area contributed by atoms with Gasteiger partial charge in [0.2, 0.25) is 0 Å². The first kappa shape index (κ1) is 21.0. The number of hydrogen-bond acceptors (Lipinski definition) is 3. The molecule has 0 spiro atoms. The van der Waals surface area contributed by atoms with Crippen molar-refractivity contribution in [3.05, 3.63) is 107 Å². The number of carbonyl (C=O) groups excluding carboxylic acids is 2. The third-order valence-corrected chi connectivity index (χ3v) is 5.01. The van der Waals surface area contributed by atoms with Crippen molar-refractivity contribution in [1.82, 2.24) is 9.78 Å². The molecule has 0 bridgehead atoms. The molecule has 2 amide bonds. The highest BCUT2D eigenvalue weighted by atomic mass is 19.1. The molecule has 160 valence electrons. The van der Waals surface area contributed by atoms with Gasteiger partial charge in [-0.2, -0.15) is 5.10 Å². The van der Waals surface area contributed by atoms with Crippen LogP contribution in [-0.4, -0.2) is 21.6 Å². The number of rotatable bonds is 6. The van der Waals surface area contributed by atoms with Crippen molar-refractivity contribution in [1.29, 1.82) is 0 Å². The summed E-state index contributed by atoms with van der Waals surface area (Å²) in [5.41, 5.74) is 8.99. The van der Waals surface area contributed by atoms with Crippen LogP contribution in [0.15, 0.2) is 79.0 Å². The molecular weight excluding hydrogens is 407 g/mol. The van der Waals surface area contributed by atoms with Crippen LogP contribution in [0.25, 0.3) is 11.3 Å². The second kappa shape index (κ2) is 8.85. The van der Waals surface area contributed by atoms with E-state index >= 15 is 0 Å². The first-order valence-corrected chi connectivity index (χ1v) is 10.00. The van der Waals surface area contributed by atoms with Crippen molar-refractivity contribution in [2.45, 2.75) is 13.5 Å². The van der Waals surface area contributed by atoms with Gasteiger partial charge in [0.05, 0.1) is 17.7 Å². The van der Waals surface area contributed by atoms with E-state index in [1.165, 1.54) is 12.1 Å². The maximum Gasteiger partial charge on any atom is 0.259 e. The van der Waals surface area contributed by atoms with Gasteiger partial charge >= 0.3 is 0 Å². The van der Waals surface area contributed by atoms with Crippen molar-refractivity contribution < 1.29 is 14.0 Å². The van der Waals surface area contributed by atoms with Crippen LogP contribution in [0.2, 0.25) is 0 Å². The summed E-state index contributed by atoms with van der Waals surface area (Å²) in [4.78, 5) is 24.6. The highest BCUT2D eigenvalue weighted by molar-refractivity contribution is 6.08. The molecule has 1 heterocycles. The summed E-state index contributed by atoms with van der Waals surface area (Å²) in [7, 11) is 0. The number of hydrogen-bond donors (Lipinski definition) is 2. The van der Waals surface area contributed by atoms with E-state index in [2.05, 4.69) is 10.4 Å². The molecule has 0 aliphatic heterocycles. The van der Waals surface area contributed by atoms with Crippen molar-refractivity contribution in [2.75, 3.05) is 5.32 Å². The summed E-state index contributed by atoms with van der Waals surface area (Å²) >= 11 is 0. The summed E-state index contributed by atoms with van der Waals surface area (Å²) in [5, 5.41) is 7.36. The van der Waals surface area contributed by atoms with E-state index in [9.17, 15) is 14.0 Å². The maximum atomic E-state index is 13.8. The number of nitrogens with one attached hydrogen (secondary N) is 1. The standard InChI is InChI=1S/C25H21FN4O2/c1-16-7-9-18(10-8-16)23-21(15-30(29-23)14-17-5-3-2-4-6-17)25(32)28-19-11-12-22(26)20(13-19)24(27)31/h2-13,15H,14H2,1H3,(H2,27,31)(H,28,32). The number of amides is 2. The molecule has 7 heteroatoms. The molecule has 0 radical (unpaired) electrons. The number of nitrogens with two attached hydrogens (primary N) is 1. The SMILES string of the molecule is Cc1ccc(-c2nn(Cc3ccccc3)cc2C(=O)Nc2ccc(F)c(C(N)=O)c2)cc1. The Balaban J connectivity index is 1.69. The normalized spacial score (nSPS) is 10.7. The Kier molecular flexibility index (Phi) is 5.81. The fourth-order valence-electron chi connectivity index (χ4n) is 3.35. The monoisotopic (exact) mass is 428 g/mol. The number of benzene rings is 3. The van der Waals surface area contributed by atoms with E-state index in [-0.39, 0.29) is 11.3 Å². The predicted octanol–water partition coefficient (Wildman–Crippen LogP) is 4.40. The second-order valence-electron chi connectivity index (χ2n) is 7.45. The molecule has 32 heavy (non-hydrogen) atoms. The zero-order valence-corrected chi connectivity index (χ0v) is 17.4. The minimum Gasteiger partial charge on any atom is -0.366 e. The highest BCUT2D eigenvalue weighted by Crippen LogP contribution is 2.25. The van der Waals surface area contributed by atoms with Gasteiger partial charge < -0.3 is 11.1 Å². The summed E-state index contributed by atoms with van der Waals surface area (Å²) in [6.45, 7) is 2.48. The molecule has 0 fully saturated rings. The van der Waals surface area contributed by atoms with Crippen LogP contribution < -0.4 is 11.1 Å². The third-order valence-electron chi connectivity index (χ3n) is 5.01. The zero-order valence-electron chi connectivity index (χ0n) is 17.4. The van der Waals surface area contributed by atoms with Gasteiger partial charge in [0.15, 0.2) is 0 Å². The van der Waals surface area contributed by atoms with Gasteiger partial charge in [-0.05, 0) is 30.7 Å². The predicted molar refractivity (Wildman–Crippen MR) is 121 cm³/mol. The van der Waals surface area contributed by atoms with E-state index < -0.39 is 17.6 Å². The largest absolute Gasteiger partial charge is 0.366 e. The highest BCUT2D eigenvalue weighted by Gasteiger charge is 2.19. The second-order valence-corrected chi connectivity index (χ2v) is 7.45. The Labute approximate surface area is 184 Å². The molecule has 3 N–H and O–H groups in total. The van der Waals surface area contributed by atoms with E-state index in [1.54, 1.807) is 10.9 Å². The first-order valence-electron chi connectivity index (χ1n) is 10.00. The summed E-state index contributed by atoms with van der Waals surface area (Å²) < 4.78 is 15.5. The molecule has 1 aromatic heterocycles. The average molecular weight is 428 g/mol. The lowest BCUT2D eigenvalue weighted by Gasteiger charge is -2.07. The molecular formula is C25H21FN4O2. The Morgan fingerprint density at radius 1 is 1.00 bits per heavy atom. The first-order chi connectivity index (χ1) is 15.4. The van der Waals surface area contributed by atoms with Gasteiger partial charge in [-0.3, -0.25) is 14.3 Å². The molecule has 6 nitrogen and oxygen atoms in total. The van der Waals surface area contributed by atoms with Crippen molar-refractivity contribution in [3.63, 3.8) is 0 Å². The molecule has 4 aromatic rings. The van der Waals surface area contributed by atoms with Crippen LogP contribution in [0.5, 0.6) is 0 Å². The van der Waals surface area contributed by atoms with Crippen molar-refractivity contribution in [3.8, 4) is 11.3 Å². The molecule has 4 rings (SSSR count). The quantitative estimate of drug-likeness (QED) is 0.477. The molecule has 0 saturated carbocycles. The molecule has 0 aliphatic rings. The smallest absolute Gasteiger partial charge is 0.259 e. The van der Waals surface area contributed by atoms with Gasteiger partial charge in [0, 0.05) is 17.4 Å². The summed E-state index contributed by atoms with van der Waals surface area (Å²) in [6, 6.07) is 21.2. The van der Waals surface area contributed by atoms with Crippen LogP contribution in [0.3, 0.4) is 0 Å². The van der Waals surface area contributed by atoms with Gasteiger partial charge in [0.25, 0.3) is 11.8 Å². The Hall–Kier alpha value is -4.26. The lowest BCUT2D eigenvalue weighted by Crippen LogP contribution is -2.16.